The molecule has 0 fully saturated rings. The Morgan fingerprint density at radius 2 is 1.70 bits per heavy atom. The molecule has 6 nitrogen and oxygen atoms in total. The van der Waals surface area contributed by atoms with E-state index in [0.29, 0.717) is 10.7 Å². The molecule has 0 saturated heterocycles. The number of para-hydroxylation sites is 3. The third-order valence-corrected chi connectivity index (χ3v) is 4.88. The minimum absolute atomic E-state index is 0.00898. The van der Waals surface area contributed by atoms with Gasteiger partial charge in [0.1, 0.15) is 10.8 Å². The largest absolute Gasteiger partial charge is 0.328 e. The molecule has 3 aromatic rings. The maximum Gasteiger partial charge on any atom is 0.328 e. The molecule has 1 heterocycles. The maximum absolute atomic E-state index is 13.6. The molecule has 0 atom stereocenters. The van der Waals surface area contributed by atoms with E-state index in [1.54, 1.807) is 6.07 Å². The van der Waals surface area contributed by atoms with Crippen molar-refractivity contribution in [1.82, 2.24) is 14.9 Å². The molecule has 0 bridgehead atoms. The number of amides is 3. The number of imide groups is 1. The van der Waals surface area contributed by atoms with Gasteiger partial charge < -0.3 is 5.32 Å². The monoisotopic (exact) mass is 384 g/mol. The molecule has 0 saturated carbocycles. The van der Waals surface area contributed by atoms with Crippen LogP contribution in [0.25, 0.3) is 11.0 Å². The van der Waals surface area contributed by atoms with Crippen molar-refractivity contribution in [1.29, 1.82) is 0 Å². The summed E-state index contributed by atoms with van der Waals surface area (Å²) in [6.07, 6.45) is 0. The SMILES string of the molecule is Cc1nc2ccccc2nc1SCC(=O)N(C)C(=O)Nc1ccccc1F. The molecule has 2 aromatic carbocycles. The Hall–Kier alpha value is -3.00. The summed E-state index contributed by atoms with van der Waals surface area (Å²) in [7, 11) is 1.35. The molecule has 0 aliphatic heterocycles. The molecule has 3 rings (SSSR count). The highest BCUT2D eigenvalue weighted by molar-refractivity contribution is 7.99. The fourth-order valence-electron chi connectivity index (χ4n) is 2.31. The Kier molecular flexibility index (Phi) is 5.66. The van der Waals surface area contributed by atoms with Crippen molar-refractivity contribution in [2.75, 3.05) is 18.1 Å². The fourth-order valence-corrected chi connectivity index (χ4v) is 3.18. The molecule has 0 unspecified atom stereocenters. The lowest BCUT2D eigenvalue weighted by Crippen LogP contribution is -2.37. The smallest absolute Gasteiger partial charge is 0.305 e. The second-order valence-corrected chi connectivity index (χ2v) is 6.72. The predicted octanol–water partition coefficient (Wildman–Crippen LogP) is 3.86. The summed E-state index contributed by atoms with van der Waals surface area (Å²) in [4.78, 5) is 34.4. The zero-order valence-electron chi connectivity index (χ0n) is 14.8. The Morgan fingerprint density at radius 3 is 2.41 bits per heavy atom. The number of carbonyl (C=O) groups excluding carboxylic acids is 2. The quantitative estimate of drug-likeness (QED) is 0.692. The number of nitrogens with zero attached hydrogens (tertiary/aromatic N) is 3. The summed E-state index contributed by atoms with van der Waals surface area (Å²) < 4.78 is 13.6. The first-order valence-corrected chi connectivity index (χ1v) is 9.12. The van der Waals surface area contributed by atoms with Gasteiger partial charge in [0, 0.05) is 7.05 Å². The Labute approximate surface area is 159 Å². The van der Waals surface area contributed by atoms with Crippen LogP contribution in [-0.4, -0.2) is 39.6 Å². The standard InChI is InChI=1S/C19H17FN4O2S/c1-12-18(22-16-10-6-5-9-15(16)21-12)27-11-17(25)24(2)19(26)23-14-8-4-3-7-13(14)20/h3-10H,11H2,1-2H3,(H,23,26). The molecule has 3 amide bonds. The lowest BCUT2D eigenvalue weighted by atomic mass is 10.3. The van der Waals surface area contributed by atoms with Crippen LogP contribution in [0.1, 0.15) is 5.69 Å². The van der Waals surface area contributed by atoms with Crippen molar-refractivity contribution in [3.05, 3.63) is 60.0 Å². The molecule has 8 heteroatoms. The zero-order valence-corrected chi connectivity index (χ0v) is 15.6. The predicted molar refractivity (Wildman–Crippen MR) is 103 cm³/mol. The topological polar surface area (TPSA) is 75.2 Å². The molecule has 1 N–H and O–H groups in total. The number of halogens is 1. The van der Waals surface area contributed by atoms with Crippen LogP contribution in [0.4, 0.5) is 14.9 Å². The van der Waals surface area contributed by atoms with Crippen LogP contribution < -0.4 is 5.32 Å². The van der Waals surface area contributed by atoms with Gasteiger partial charge in [0.15, 0.2) is 0 Å². The van der Waals surface area contributed by atoms with E-state index in [1.165, 1.54) is 37.0 Å². The van der Waals surface area contributed by atoms with Crippen LogP contribution in [0.3, 0.4) is 0 Å². The highest BCUT2D eigenvalue weighted by Gasteiger charge is 2.19. The Morgan fingerprint density at radius 1 is 1.07 bits per heavy atom. The van der Waals surface area contributed by atoms with Crippen molar-refractivity contribution in [3.63, 3.8) is 0 Å². The van der Waals surface area contributed by atoms with Gasteiger partial charge >= 0.3 is 6.03 Å². The zero-order chi connectivity index (χ0) is 19.4. The van der Waals surface area contributed by atoms with Gasteiger partial charge in [0.2, 0.25) is 5.91 Å². The van der Waals surface area contributed by atoms with Gasteiger partial charge in [-0.3, -0.25) is 9.69 Å². The van der Waals surface area contributed by atoms with Crippen LogP contribution in [-0.2, 0) is 4.79 Å². The van der Waals surface area contributed by atoms with Gasteiger partial charge in [-0.2, -0.15) is 0 Å². The van der Waals surface area contributed by atoms with Gasteiger partial charge in [-0.25, -0.2) is 19.2 Å². The average molecular weight is 384 g/mol. The number of fused-ring (bicyclic) bond motifs is 1. The average Bonchev–Trinajstić information content (AvgIpc) is 2.67. The first-order chi connectivity index (χ1) is 13.0. The summed E-state index contributed by atoms with van der Waals surface area (Å²) in [5.41, 5.74) is 2.26. The third-order valence-electron chi connectivity index (χ3n) is 3.83. The summed E-state index contributed by atoms with van der Waals surface area (Å²) in [5, 5.41) is 3.01. The minimum Gasteiger partial charge on any atom is -0.305 e. The first kappa shape index (κ1) is 18.8. The van der Waals surface area contributed by atoms with Gasteiger partial charge in [-0.1, -0.05) is 36.0 Å². The second-order valence-electron chi connectivity index (χ2n) is 5.75. The van der Waals surface area contributed by atoms with E-state index >= 15 is 0 Å². The van der Waals surface area contributed by atoms with Gasteiger partial charge in [0.05, 0.1) is 28.2 Å². The summed E-state index contributed by atoms with van der Waals surface area (Å²) in [6, 6.07) is 12.5. The lowest BCUT2D eigenvalue weighted by Gasteiger charge is -2.16. The van der Waals surface area contributed by atoms with Crippen molar-refractivity contribution in [2.24, 2.45) is 0 Å². The van der Waals surface area contributed by atoms with Crippen LogP contribution in [0.2, 0.25) is 0 Å². The molecule has 0 radical (unpaired) electrons. The molecule has 0 spiro atoms. The number of hydrogen-bond acceptors (Lipinski definition) is 5. The fraction of sp³-hybridized carbons (Fsp3) is 0.158. The second kappa shape index (κ2) is 8.13. The number of carbonyl (C=O) groups is 2. The number of aromatic nitrogens is 2. The highest BCUT2D eigenvalue weighted by atomic mass is 32.2. The maximum atomic E-state index is 13.6. The number of nitrogens with one attached hydrogen (secondary N) is 1. The minimum atomic E-state index is -0.702. The molecule has 0 aliphatic rings. The normalized spacial score (nSPS) is 10.6. The molecule has 138 valence electrons. The third kappa shape index (κ3) is 4.40. The summed E-state index contributed by atoms with van der Waals surface area (Å²) in [6.45, 7) is 1.82. The molecule has 1 aromatic heterocycles. The number of benzene rings is 2. The van der Waals surface area contributed by atoms with Gasteiger partial charge in [0.25, 0.3) is 0 Å². The van der Waals surface area contributed by atoms with E-state index in [0.717, 1.165) is 15.9 Å². The van der Waals surface area contributed by atoms with E-state index in [-0.39, 0.29) is 11.4 Å². The summed E-state index contributed by atoms with van der Waals surface area (Å²) >= 11 is 1.21. The van der Waals surface area contributed by atoms with Crippen molar-refractivity contribution < 1.29 is 14.0 Å². The summed E-state index contributed by atoms with van der Waals surface area (Å²) in [5.74, 6) is -0.985. The van der Waals surface area contributed by atoms with Crippen LogP contribution in [0.5, 0.6) is 0 Å². The number of aryl methyl sites for hydroxylation is 1. The number of thioether (sulfide) groups is 1. The van der Waals surface area contributed by atoms with Crippen LogP contribution in [0.15, 0.2) is 53.6 Å². The molecular formula is C19H17FN4O2S. The van der Waals surface area contributed by atoms with Gasteiger partial charge in [-0.05, 0) is 31.2 Å². The number of anilines is 1. The van der Waals surface area contributed by atoms with E-state index in [9.17, 15) is 14.0 Å². The van der Waals surface area contributed by atoms with E-state index in [2.05, 4.69) is 15.3 Å². The van der Waals surface area contributed by atoms with Crippen molar-refractivity contribution in [2.45, 2.75) is 11.9 Å². The lowest BCUT2D eigenvalue weighted by molar-refractivity contribution is -0.124. The van der Waals surface area contributed by atoms with E-state index in [1.807, 2.05) is 31.2 Å². The first-order valence-electron chi connectivity index (χ1n) is 8.14. The van der Waals surface area contributed by atoms with Crippen LogP contribution >= 0.6 is 11.8 Å². The Bertz CT molecular complexity index is 1010. The highest BCUT2D eigenvalue weighted by Crippen LogP contribution is 2.22. The van der Waals surface area contributed by atoms with Crippen LogP contribution in [0, 0.1) is 12.7 Å². The number of hydrogen-bond donors (Lipinski definition) is 1. The Balaban J connectivity index is 1.64. The van der Waals surface area contributed by atoms with Gasteiger partial charge in [-0.15, -0.1) is 0 Å². The van der Waals surface area contributed by atoms with E-state index < -0.39 is 17.8 Å². The van der Waals surface area contributed by atoms with Crippen molar-refractivity contribution >= 4 is 40.4 Å². The molecular weight excluding hydrogens is 367 g/mol. The van der Waals surface area contributed by atoms with Crippen molar-refractivity contribution in [3.8, 4) is 0 Å². The number of urea groups is 1. The number of rotatable bonds is 4. The molecule has 0 aliphatic carbocycles. The van der Waals surface area contributed by atoms with E-state index in [4.69, 9.17) is 0 Å². The molecule has 27 heavy (non-hydrogen) atoms.